The van der Waals surface area contributed by atoms with Crippen molar-refractivity contribution >= 4 is 34.5 Å². The van der Waals surface area contributed by atoms with E-state index >= 15 is 0 Å². The standard InChI is InChI=1S/C21H19F2N3O2S/c1-12(27)24-16-11-17(15(23)10-14(16)22)25-20(28)19-13-6-2-3-7-18(13)29-21(19)26-8-4-5-9-26/h4-5,8-11H,2-3,6-7H2,1H3,(H,24,27)(H,25,28). The van der Waals surface area contributed by atoms with E-state index in [0.717, 1.165) is 42.3 Å². The highest BCUT2D eigenvalue weighted by atomic mass is 32.1. The van der Waals surface area contributed by atoms with Gasteiger partial charge in [0.05, 0.1) is 16.9 Å². The molecule has 8 heteroatoms. The third-order valence-electron chi connectivity index (χ3n) is 4.83. The van der Waals surface area contributed by atoms with Gasteiger partial charge in [-0.05, 0) is 49.4 Å². The Hall–Kier alpha value is -3.00. The maximum absolute atomic E-state index is 14.3. The molecule has 1 aromatic carbocycles. The van der Waals surface area contributed by atoms with Crippen LogP contribution in [-0.4, -0.2) is 16.4 Å². The third-order valence-corrected chi connectivity index (χ3v) is 6.14. The number of hydrogen-bond donors (Lipinski definition) is 2. The van der Waals surface area contributed by atoms with Gasteiger partial charge in [-0.25, -0.2) is 8.78 Å². The van der Waals surface area contributed by atoms with Gasteiger partial charge >= 0.3 is 0 Å². The Labute approximate surface area is 170 Å². The Morgan fingerprint density at radius 2 is 1.66 bits per heavy atom. The molecule has 1 aliphatic rings. The van der Waals surface area contributed by atoms with Crippen molar-refractivity contribution in [3.63, 3.8) is 0 Å². The molecule has 2 N–H and O–H groups in total. The molecule has 150 valence electrons. The number of nitrogens with zero attached hydrogens (tertiary/aromatic N) is 1. The topological polar surface area (TPSA) is 63.1 Å². The van der Waals surface area contributed by atoms with Gasteiger partial charge in [0.25, 0.3) is 5.91 Å². The number of aromatic nitrogens is 1. The second-order valence-electron chi connectivity index (χ2n) is 6.93. The summed E-state index contributed by atoms with van der Waals surface area (Å²) in [5.74, 6) is -2.75. The maximum Gasteiger partial charge on any atom is 0.259 e. The molecule has 0 fully saturated rings. The molecule has 0 bridgehead atoms. The summed E-state index contributed by atoms with van der Waals surface area (Å²) >= 11 is 1.57. The van der Waals surface area contributed by atoms with Gasteiger partial charge in [0.2, 0.25) is 5.91 Å². The molecule has 0 atom stereocenters. The molecule has 0 radical (unpaired) electrons. The highest BCUT2D eigenvalue weighted by Gasteiger charge is 2.27. The smallest absolute Gasteiger partial charge is 0.259 e. The minimum absolute atomic E-state index is 0.186. The lowest BCUT2D eigenvalue weighted by Gasteiger charge is -2.14. The largest absolute Gasteiger partial charge is 0.324 e. The van der Waals surface area contributed by atoms with Crippen LogP contribution in [0, 0.1) is 11.6 Å². The van der Waals surface area contributed by atoms with Gasteiger partial charge in [0.1, 0.15) is 16.6 Å². The molecule has 0 aliphatic heterocycles. The van der Waals surface area contributed by atoms with Crippen molar-refractivity contribution < 1.29 is 18.4 Å². The predicted molar refractivity (Wildman–Crippen MR) is 109 cm³/mol. The van der Waals surface area contributed by atoms with E-state index in [1.165, 1.54) is 11.8 Å². The van der Waals surface area contributed by atoms with Crippen LogP contribution in [0.25, 0.3) is 5.00 Å². The van der Waals surface area contributed by atoms with E-state index in [4.69, 9.17) is 0 Å². The SMILES string of the molecule is CC(=O)Nc1cc(NC(=O)c2c(-n3cccc3)sc3c2CCCC3)c(F)cc1F. The second-order valence-corrected chi connectivity index (χ2v) is 8.01. The number of thiophene rings is 1. The molecule has 2 amide bonds. The molecular formula is C21H19F2N3O2S. The molecule has 0 saturated heterocycles. The van der Waals surface area contributed by atoms with Crippen molar-refractivity contribution in [3.8, 4) is 5.00 Å². The maximum atomic E-state index is 14.3. The zero-order valence-corrected chi connectivity index (χ0v) is 16.5. The van der Waals surface area contributed by atoms with Crippen LogP contribution >= 0.6 is 11.3 Å². The van der Waals surface area contributed by atoms with Crippen LogP contribution in [0.15, 0.2) is 36.7 Å². The normalized spacial score (nSPS) is 13.1. The number of amides is 2. The van der Waals surface area contributed by atoms with E-state index < -0.39 is 23.4 Å². The first-order valence-electron chi connectivity index (χ1n) is 9.30. The predicted octanol–water partition coefficient (Wildman–Crippen LogP) is 4.91. The molecule has 29 heavy (non-hydrogen) atoms. The molecule has 1 aliphatic carbocycles. The van der Waals surface area contributed by atoms with Gasteiger partial charge in [-0.15, -0.1) is 11.3 Å². The van der Waals surface area contributed by atoms with Crippen LogP contribution in [-0.2, 0) is 17.6 Å². The Morgan fingerprint density at radius 1 is 1.00 bits per heavy atom. The number of rotatable bonds is 4. The van der Waals surface area contributed by atoms with Crippen LogP contribution in [0.4, 0.5) is 20.2 Å². The lowest BCUT2D eigenvalue weighted by Crippen LogP contribution is -2.18. The van der Waals surface area contributed by atoms with E-state index in [1.54, 1.807) is 11.3 Å². The summed E-state index contributed by atoms with van der Waals surface area (Å²) in [4.78, 5) is 25.6. The highest BCUT2D eigenvalue weighted by molar-refractivity contribution is 7.15. The summed E-state index contributed by atoms with van der Waals surface area (Å²) in [7, 11) is 0. The minimum atomic E-state index is -0.906. The highest BCUT2D eigenvalue weighted by Crippen LogP contribution is 2.37. The van der Waals surface area contributed by atoms with Crippen LogP contribution in [0.5, 0.6) is 0 Å². The summed E-state index contributed by atoms with van der Waals surface area (Å²) in [6, 6.07) is 5.49. The fraction of sp³-hybridized carbons (Fsp3) is 0.238. The lowest BCUT2D eigenvalue weighted by atomic mass is 9.95. The average Bonchev–Trinajstić information content (AvgIpc) is 3.32. The number of carbonyl (C=O) groups is 2. The van der Waals surface area contributed by atoms with Crippen molar-refractivity contribution in [2.24, 2.45) is 0 Å². The van der Waals surface area contributed by atoms with Crippen molar-refractivity contribution in [1.29, 1.82) is 0 Å². The molecule has 5 nitrogen and oxygen atoms in total. The first-order chi connectivity index (χ1) is 13.9. The van der Waals surface area contributed by atoms with Gasteiger partial charge < -0.3 is 15.2 Å². The molecule has 0 spiro atoms. The Bertz CT molecular complexity index is 1090. The van der Waals surface area contributed by atoms with E-state index in [2.05, 4.69) is 10.6 Å². The zero-order chi connectivity index (χ0) is 20.5. The number of aryl methyl sites for hydroxylation is 1. The molecule has 2 heterocycles. The third kappa shape index (κ3) is 3.80. The summed E-state index contributed by atoms with van der Waals surface area (Å²) < 4.78 is 30.1. The van der Waals surface area contributed by atoms with Crippen molar-refractivity contribution in [2.45, 2.75) is 32.6 Å². The summed E-state index contributed by atoms with van der Waals surface area (Å²) in [6.07, 6.45) is 7.50. The van der Waals surface area contributed by atoms with Gasteiger partial charge in [-0.3, -0.25) is 9.59 Å². The Balaban J connectivity index is 1.73. The summed E-state index contributed by atoms with van der Waals surface area (Å²) in [6.45, 7) is 1.22. The molecular weight excluding hydrogens is 396 g/mol. The van der Waals surface area contributed by atoms with Gasteiger partial charge in [-0.1, -0.05) is 0 Å². The summed E-state index contributed by atoms with van der Waals surface area (Å²) in [5.41, 5.74) is 1.14. The average molecular weight is 415 g/mol. The van der Waals surface area contributed by atoms with Crippen molar-refractivity contribution in [1.82, 2.24) is 4.57 Å². The Kier molecular flexibility index (Phi) is 5.19. The first kappa shape index (κ1) is 19.3. The van der Waals surface area contributed by atoms with E-state index in [0.29, 0.717) is 11.6 Å². The van der Waals surface area contributed by atoms with Crippen LogP contribution in [0.2, 0.25) is 0 Å². The molecule has 0 unspecified atom stereocenters. The van der Waals surface area contributed by atoms with Gasteiger partial charge in [0.15, 0.2) is 0 Å². The second kappa shape index (κ2) is 7.79. The van der Waals surface area contributed by atoms with Gasteiger partial charge in [-0.2, -0.15) is 0 Å². The zero-order valence-electron chi connectivity index (χ0n) is 15.7. The fourth-order valence-electron chi connectivity index (χ4n) is 3.55. The van der Waals surface area contributed by atoms with Crippen LogP contribution in [0.1, 0.15) is 40.6 Å². The van der Waals surface area contributed by atoms with Crippen molar-refractivity contribution in [3.05, 3.63) is 64.3 Å². The van der Waals surface area contributed by atoms with E-state index in [1.807, 2.05) is 29.1 Å². The fourth-order valence-corrected chi connectivity index (χ4v) is 4.90. The summed E-state index contributed by atoms with van der Waals surface area (Å²) in [5, 5.41) is 5.65. The van der Waals surface area contributed by atoms with Gasteiger partial charge in [0, 0.05) is 30.3 Å². The molecule has 2 aromatic heterocycles. The first-order valence-corrected chi connectivity index (χ1v) is 10.1. The van der Waals surface area contributed by atoms with E-state index in [-0.39, 0.29) is 11.4 Å². The lowest BCUT2D eigenvalue weighted by molar-refractivity contribution is -0.114. The molecule has 0 saturated carbocycles. The number of benzene rings is 1. The minimum Gasteiger partial charge on any atom is -0.324 e. The number of fused-ring (bicyclic) bond motifs is 1. The molecule has 4 rings (SSSR count). The number of hydrogen-bond acceptors (Lipinski definition) is 3. The molecule has 3 aromatic rings. The number of anilines is 2. The number of nitrogens with one attached hydrogen (secondary N) is 2. The van der Waals surface area contributed by atoms with Crippen LogP contribution < -0.4 is 10.6 Å². The number of halogens is 2. The van der Waals surface area contributed by atoms with Crippen LogP contribution in [0.3, 0.4) is 0 Å². The number of carbonyl (C=O) groups excluding carboxylic acids is 2. The van der Waals surface area contributed by atoms with Crippen molar-refractivity contribution in [2.75, 3.05) is 10.6 Å². The monoisotopic (exact) mass is 415 g/mol. The Morgan fingerprint density at radius 3 is 2.34 bits per heavy atom. The van der Waals surface area contributed by atoms with E-state index in [9.17, 15) is 18.4 Å². The quantitative estimate of drug-likeness (QED) is 0.636.